The van der Waals surface area contributed by atoms with Gasteiger partial charge in [-0.25, -0.2) is 22.5 Å². The summed E-state index contributed by atoms with van der Waals surface area (Å²) in [6.07, 6.45) is 9.85. The highest BCUT2D eigenvalue weighted by molar-refractivity contribution is 7.90. The number of nitrogens with one attached hydrogen (secondary N) is 3. The molecule has 5 aliphatic rings. The second-order valence-electron chi connectivity index (χ2n) is 20.8. The minimum atomic E-state index is -4.73. The van der Waals surface area contributed by atoms with Crippen molar-refractivity contribution in [1.29, 1.82) is 0 Å². The van der Waals surface area contributed by atoms with Gasteiger partial charge in [0.05, 0.1) is 38.1 Å². The Hall–Kier alpha value is -5.78. The smallest absolute Gasteiger partial charge is 0.297 e. The Morgan fingerprint density at radius 2 is 1.80 bits per heavy atom. The number of likely N-dealkylation sites (tertiary alicyclic amines) is 1. The van der Waals surface area contributed by atoms with Crippen LogP contribution in [0.2, 0.25) is 0 Å². The van der Waals surface area contributed by atoms with E-state index in [1.165, 1.54) is 54.8 Å². The van der Waals surface area contributed by atoms with E-state index in [9.17, 15) is 32.8 Å². The molecule has 4 fully saturated rings. The van der Waals surface area contributed by atoms with Crippen molar-refractivity contribution >= 4 is 44.0 Å². The molecule has 0 radical (unpaired) electrons. The van der Waals surface area contributed by atoms with Crippen LogP contribution in [0.1, 0.15) is 124 Å². The topological polar surface area (TPSA) is 192 Å². The fraction of sp³-hybridized carbons (Fsp3) is 0.500. The van der Waals surface area contributed by atoms with E-state index in [0.29, 0.717) is 61.3 Å². The monoisotopic (exact) mass is 963 g/mol. The highest BCUT2D eigenvalue weighted by atomic mass is 32.2. The highest BCUT2D eigenvalue weighted by Gasteiger charge is 2.49. The van der Waals surface area contributed by atoms with Gasteiger partial charge >= 0.3 is 0 Å². The number of amides is 1. The van der Waals surface area contributed by atoms with E-state index in [1.54, 1.807) is 19.1 Å². The highest BCUT2D eigenvalue weighted by Crippen LogP contribution is 2.49. The zero-order valence-electron chi connectivity index (χ0n) is 39.7. The number of nitro benzene ring substituents is 1. The molecule has 3 aliphatic heterocycles. The molecule has 3 atom stereocenters. The van der Waals surface area contributed by atoms with Gasteiger partial charge in [0, 0.05) is 62.3 Å². The lowest BCUT2D eigenvalue weighted by molar-refractivity contribution is -0.384. The predicted octanol–water partition coefficient (Wildman–Crippen LogP) is 9.56. The normalized spacial score (nSPS) is 24.7. The third-order valence-corrected chi connectivity index (χ3v) is 17.2. The molecule has 0 bridgehead atoms. The number of carbonyl (C=O) groups excluding carboxylic acids is 1. The Balaban J connectivity index is 0.883. The van der Waals surface area contributed by atoms with Crippen molar-refractivity contribution in [3.05, 3.63) is 105 Å². The molecule has 15 nitrogen and oxygen atoms in total. The Kier molecular flexibility index (Phi) is 12.4. The first kappa shape index (κ1) is 46.9. The van der Waals surface area contributed by atoms with Crippen LogP contribution < -0.4 is 24.4 Å². The van der Waals surface area contributed by atoms with Crippen LogP contribution in [-0.4, -0.2) is 89.7 Å². The van der Waals surface area contributed by atoms with Crippen molar-refractivity contribution in [3.63, 3.8) is 0 Å². The van der Waals surface area contributed by atoms with Crippen LogP contribution in [0, 0.1) is 27.3 Å². The molecule has 5 aromatic rings. The molecule has 0 unspecified atom stereocenters. The van der Waals surface area contributed by atoms with Crippen LogP contribution in [0.3, 0.4) is 0 Å². The van der Waals surface area contributed by atoms with Gasteiger partial charge in [-0.2, -0.15) is 0 Å². The van der Waals surface area contributed by atoms with E-state index >= 15 is 0 Å². The zero-order chi connectivity index (χ0) is 48.4. The van der Waals surface area contributed by atoms with Gasteiger partial charge in [0.15, 0.2) is 11.4 Å². The number of hydrogen-bond acceptors (Lipinski definition) is 12. The average Bonchev–Trinajstić information content (AvgIpc) is 3.96. The SMILES string of the molecule is CCc1nc2[nH]cc(F)c2cc1Oc1cc(N2CCC3(CC2)CN([C@H]2CCC[C@H]2c2ccccc2C(C)C)C3)ccc1C(=O)NS(=O)(=O)c1cc2c(c([N+](=O)[O-])c1)N[C@@H]([C@H]1CC[C@](C)(O)CC1)CO2. The predicted molar refractivity (Wildman–Crippen MR) is 262 cm³/mol. The molecule has 1 amide bonds. The molecule has 2 saturated heterocycles. The number of carbonyl (C=O) groups is 1. The Bertz CT molecular complexity index is 2900. The minimum absolute atomic E-state index is 0.0236. The van der Waals surface area contributed by atoms with Gasteiger partial charge in [0.2, 0.25) is 0 Å². The Labute approximate surface area is 402 Å². The summed E-state index contributed by atoms with van der Waals surface area (Å²) in [5.41, 5.74) is 3.47. The summed E-state index contributed by atoms with van der Waals surface area (Å²) in [5.74, 6) is -0.220. The van der Waals surface area contributed by atoms with E-state index in [1.807, 2.05) is 6.92 Å². The van der Waals surface area contributed by atoms with Gasteiger partial charge in [0.25, 0.3) is 21.6 Å². The third kappa shape index (κ3) is 9.13. The maximum atomic E-state index is 14.9. The first-order chi connectivity index (χ1) is 33.0. The molecule has 10 rings (SSSR count). The number of pyridine rings is 1. The number of rotatable bonds is 12. The molecule has 366 valence electrons. The number of ether oxygens (including phenoxy) is 2. The van der Waals surface area contributed by atoms with Crippen LogP contribution in [0.4, 0.5) is 21.5 Å². The largest absolute Gasteiger partial charge is 0.489 e. The minimum Gasteiger partial charge on any atom is -0.489 e. The number of aryl methyl sites for hydroxylation is 1. The first-order valence-electron chi connectivity index (χ1n) is 24.6. The first-order valence-corrected chi connectivity index (χ1v) is 26.1. The van der Waals surface area contributed by atoms with Crippen molar-refractivity contribution in [2.45, 2.75) is 126 Å². The van der Waals surface area contributed by atoms with Crippen LogP contribution in [-0.2, 0) is 16.4 Å². The second-order valence-corrected chi connectivity index (χ2v) is 22.5. The number of hydrogen-bond donors (Lipinski definition) is 4. The van der Waals surface area contributed by atoms with Crippen LogP contribution in [0.25, 0.3) is 11.0 Å². The molecular weight excluding hydrogens is 902 g/mol. The summed E-state index contributed by atoms with van der Waals surface area (Å²) in [6.45, 7) is 12.1. The maximum absolute atomic E-state index is 14.9. The molecular formula is C52H62FN7O8S. The van der Waals surface area contributed by atoms with Crippen molar-refractivity contribution in [1.82, 2.24) is 19.6 Å². The third-order valence-electron chi connectivity index (χ3n) is 15.9. The van der Waals surface area contributed by atoms with Crippen molar-refractivity contribution in [2.24, 2.45) is 11.3 Å². The number of aliphatic hydroxyl groups is 1. The van der Waals surface area contributed by atoms with Crippen molar-refractivity contribution < 1.29 is 37.1 Å². The molecule has 2 aromatic heterocycles. The molecule has 69 heavy (non-hydrogen) atoms. The number of benzene rings is 3. The van der Waals surface area contributed by atoms with Crippen molar-refractivity contribution in [2.75, 3.05) is 43.0 Å². The summed E-state index contributed by atoms with van der Waals surface area (Å²) in [7, 11) is -4.73. The molecule has 2 aliphatic carbocycles. The summed E-state index contributed by atoms with van der Waals surface area (Å²) in [6, 6.07) is 17.8. The van der Waals surface area contributed by atoms with Crippen molar-refractivity contribution in [3.8, 4) is 17.2 Å². The van der Waals surface area contributed by atoms with Gasteiger partial charge in [0.1, 0.15) is 29.6 Å². The number of H-pyrrole nitrogens is 1. The molecule has 17 heteroatoms. The van der Waals surface area contributed by atoms with Crippen LogP contribution in [0.15, 0.2) is 71.8 Å². The molecule has 1 spiro atoms. The average molecular weight is 964 g/mol. The molecule has 2 saturated carbocycles. The van der Waals surface area contributed by atoms with Gasteiger partial charge in [-0.15, -0.1) is 0 Å². The fourth-order valence-electron chi connectivity index (χ4n) is 11.9. The van der Waals surface area contributed by atoms with Gasteiger partial charge in [-0.1, -0.05) is 51.5 Å². The lowest BCUT2D eigenvalue weighted by Crippen LogP contribution is -2.63. The number of piperidine rings is 1. The molecule has 5 heterocycles. The van der Waals surface area contributed by atoms with E-state index in [-0.39, 0.29) is 57.9 Å². The number of anilines is 2. The Morgan fingerprint density at radius 3 is 2.52 bits per heavy atom. The van der Waals surface area contributed by atoms with Crippen LogP contribution in [0.5, 0.6) is 17.2 Å². The summed E-state index contributed by atoms with van der Waals surface area (Å²) >= 11 is 0. The standard InChI is InChI=1S/C52H62FN7O8S/c1-5-41-46(26-39-40(53)27-54-49(39)56-41)68-45-23-33(58-21-19-52(20-22-58)29-59(30-52)43-12-8-11-37(43)36-10-7-6-9-35(36)31(2)3)13-14-38(45)50(61)57-69(65,66)34-24-44(60(63)64)48-47(25-34)67-28-42(55-48)32-15-17-51(4,62)18-16-32/h6-7,9-10,13-14,23-27,31-32,37,42-43,55,62H,5,8,11-12,15-22,28-30H2,1-4H3,(H,54,56)(H,57,61)/t32-,37-,42+,43-,51-/m0/s1. The summed E-state index contributed by atoms with van der Waals surface area (Å²) in [5, 5.41) is 26.3. The number of aromatic amines is 1. The zero-order valence-corrected chi connectivity index (χ0v) is 40.5. The van der Waals surface area contributed by atoms with E-state index in [2.05, 4.69) is 67.9 Å². The second kappa shape index (κ2) is 18.2. The molecule has 3 aromatic carbocycles. The van der Waals surface area contributed by atoms with E-state index < -0.39 is 42.9 Å². The summed E-state index contributed by atoms with van der Waals surface area (Å²) < 4.78 is 57.6. The number of nitrogens with zero attached hydrogens (tertiary/aromatic N) is 4. The maximum Gasteiger partial charge on any atom is 0.297 e. The quantitative estimate of drug-likeness (QED) is 0.0685. The number of halogens is 1. The fourth-order valence-corrected chi connectivity index (χ4v) is 12.9. The molecule has 4 N–H and O–H groups in total. The van der Waals surface area contributed by atoms with Crippen LogP contribution >= 0.6 is 0 Å². The number of nitro groups is 1. The van der Waals surface area contributed by atoms with E-state index in [0.717, 1.165) is 50.8 Å². The lowest BCUT2D eigenvalue weighted by atomic mass is 9.70. The van der Waals surface area contributed by atoms with Gasteiger partial charge in [-0.05, 0) is 117 Å². The number of sulfonamides is 1. The lowest BCUT2D eigenvalue weighted by Gasteiger charge is -2.57. The summed E-state index contributed by atoms with van der Waals surface area (Å²) in [4.78, 5) is 37.9. The Morgan fingerprint density at radius 1 is 1.04 bits per heavy atom. The van der Waals surface area contributed by atoms with Gasteiger partial charge in [-0.3, -0.25) is 19.8 Å². The van der Waals surface area contributed by atoms with E-state index in [4.69, 9.17) is 9.47 Å². The number of aromatic nitrogens is 2. The van der Waals surface area contributed by atoms with Gasteiger partial charge < -0.3 is 29.8 Å². The number of fused-ring (bicyclic) bond motifs is 2.